The van der Waals surface area contributed by atoms with E-state index in [4.69, 9.17) is 19.8 Å². The van der Waals surface area contributed by atoms with Gasteiger partial charge in [-0.2, -0.15) is 5.26 Å². The number of hydrogen-bond donors (Lipinski definition) is 1. The highest BCUT2D eigenvalue weighted by molar-refractivity contribution is 5.44. The number of ether oxygens (including phenoxy) is 2. The molecule has 4 nitrogen and oxygen atoms in total. The van der Waals surface area contributed by atoms with E-state index < -0.39 is 5.92 Å². The Hall–Kier alpha value is -1.73. The highest BCUT2D eigenvalue weighted by Gasteiger charge is 2.15. The van der Waals surface area contributed by atoms with Gasteiger partial charge in [-0.05, 0) is 6.07 Å². The molecule has 0 aliphatic rings. The van der Waals surface area contributed by atoms with E-state index >= 15 is 0 Å². The lowest BCUT2D eigenvalue weighted by atomic mass is 10.0. The van der Waals surface area contributed by atoms with Gasteiger partial charge in [0, 0.05) is 11.6 Å². The first kappa shape index (κ1) is 11.3. The van der Waals surface area contributed by atoms with E-state index in [1.807, 2.05) is 6.07 Å². The highest BCUT2D eigenvalue weighted by atomic mass is 16.5. The SMILES string of the molecule is COc1ccc(C(C#N)CO)c(OC)c1. The van der Waals surface area contributed by atoms with E-state index in [0.717, 1.165) is 0 Å². The Morgan fingerprint density at radius 3 is 2.60 bits per heavy atom. The molecule has 0 radical (unpaired) electrons. The molecule has 15 heavy (non-hydrogen) atoms. The van der Waals surface area contributed by atoms with Crippen molar-refractivity contribution in [3.05, 3.63) is 23.8 Å². The third-order valence-corrected chi connectivity index (χ3v) is 2.15. The van der Waals surface area contributed by atoms with Crippen LogP contribution in [0.3, 0.4) is 0 Å². The first-order chi connectivity index (χ1) is 7.26. The molecule has 0 aliphatic heterocycles. The summed E-state index contributed by atoms with van der Waals surface area (Å²) in [4.78, 5) is 0. The van der Waals surface area contributed by atoms with Crippen LogP contribution < -0.4 is 9.47 Å². The fraction of sp³-hybridized carbons (Fsp3) is 0.364. The van der Waals surface area contributed by atoms with Crippen LogP contribution in [0.4, 0.5) is 0 Å². The van der Waals surface area contributed by atoms with Gasteiger partial charge in [0.1, 0.15) is 11.5 Å². The standard InChI is InChI=1S/C11H13NO3/c1-14-9-3-4-10(8(6-12)7-13)11(5-9)15-2/h3-5,8,13H,7H2,1-2H3. The molecule has 0 heterocycles. The van der Waals surface area contributed by atoms with Crippen molar-refractivity contribution in [2.75, 3.05) is 20.8 Å². The minimum atomic E-state index is -0.564. The van der Waals surface area contributed by atoms with E-state index in [1.165, 1.54) is 7.11 Å². The van der Waals surface area contributed by atoms with Gasteiger partial charge in [0.25, 0.3) is 0 Å². The highest BCUT2D eigenvalue weighted by Crippen LogP contribution is 2.29. The van der Waals surface area contributed by atoms with Crippen LogP contribution in [0, 0.1) is 11.3 Å². The lowest BCUT2D eigenvalue weighted by Crippen LogP contribution is -2.03. The molecule has 0 saturated heterocycles. The molecule has 1 unspecified atom stereocenters. The van der Waals surface area contributed by atoms with Gasteiger partial charge in [-0.15, -0.1) is 0 Å². The van der Waals surface area contributed by atoms with Crippen molar-refractivity contribution in [1.29, 1.82) is 5.26 Å². The number of rotatable bonds is 4. The molecule has 1 N–H and O–H groups in total. The van der Waals surface area contributed by atoms with Gasteiger partial charge in [0.15, 0.2) is 0 Å². The molecule has 0 aliphatic carbocycles. The lowest BCUT2D eigenvalue weighted by Gasteiger charge is -2.12. The Labute approximate surface area is 88.7 Å². The first-order valence-electron chi connectivity index (χ1n) is 4.49. The third-order valence-electron chi connectivity index (χ3n) is 2.15. The second-order valence-electron chi connectivity index (χ2n) is 2.97. The van der Waals surface area contributed by atoms with Crippen LogP contribution in [-0.4, -0.2) is 25.9 Å². The second kappa shape index (κ2) is 5.23. The maximum Gasteiger partial charge on any atom is 0.127 e. The molecular formula is C11H13NO3. The van der Waals surface area contributed by atoms with Gasteiger partial charge in [-0.1, -0.05) is 6.07 Å². The van der Waals surface area contributed by atoms with Crippen LogP contribution in [0.25, 0.3) is 0 Å². The number of benzene rings is 1. The van der Waals surface area contributed by atoms with Gasteiger partial charge < -0.3 is 14.6 Å². The molecule has 0 aromatic heterocycles. The van der Waals surface area contributed by atoms with Crippen molar-refractivity contribution in [3.63, 3.8) is 0 Å². The summed E-state index contributed by atoms with van der Waals surface area (Å²) >= 11 is 0. The molecule has 1 atom stereocenters. The normalized spacial score (nSPS) is 11.6. The molecule has 1 aromatic carbocycles. The molecular weight excluding hydrogens is 194 g/mol. The van der Waals surface area contributed by atoms with E-state index in [0.29, 0.717) is 17.1 Å². The fourth-order valence-electron chi connectivity index (χ4n) is 1.32. The Bertz CT molecular complexity index is 371. The Balaban J connectivity index is 3.13. The number of aliphatic hydroxyl groups excluding tert-OH is 1. The van der Waals surface area contributed by atoms with Crippen molar-refractivity contribution in [1.82, 2.24) is 0 Å². The summed E-state index contributed by atoms with van der Waals surface area (Å²) in [6.07, 6.45) is 0. The van der Waals surface area contributed by atoms with Crippen LogP contribution in [0.1, 0.15) is 11.5 Å². The van der Waals surface area contributed by atoms with E-state index in [1.54, 1.807) is 25.3 Å². The summed E-state index contributed by atoms with van der Waals surface area (Å²) in [5, 5.41) is 17.8. The largest absolute Gasteiger partial charge is 0.497 e. The van der Waals surface area contributed by atoms with Crippen LogP contribution in [-0.2, 0) is 0 Å². The Kier molecular flexibility index (Phi) is 3.95. The molecule has 1 rings (SSSR count). The monoisotopic (exact) mass is 207 g/mol. The van der Waals surface area contributed by atoms with Gasteiger partial charge in [0.2, 0.25) is 0 Å². The first-order valence-corrected chi connectivity index (χ1v) is 4.49. The Morgan fingerprint density at radius 2 is 2.13 bits per heavy atom. The molecule has 0 saturated carbocycles. The summed E-state index contributed by atoms with van der Waals surface area (Å²) in [5.41, 5.74) is 0.670. The average Bonchev–Trinajstić information content (AvgIpc) is 2.31. The quantitative estimate of drug-likeness (QED) is 0.808. The zero-order valence-corrected chi connectivity index (χ0v) is 8.73. The zero-order valence-electron chi connectivity index (χ0n) is 8.73. The van der Waals surface area contributed by atoms with Crippen molar-refractivity contribution in [3.8, 4) is 17.6 Å². The van der Waals surface area contributed by atoms with Gasteiger partial charge in [0.05, 0.1) is 32.8 Å². The van der Waals surface area contributed by atoms with Gasteiger partial charge >= 0.3 is 0 Å². The summed E-state index contributed by atoms with van der Waals surface area (Å²) < 4.78 is 10.2. The van der Waals surface area contributed by atoms with Crippen LogP contribution in [0.15, 0.2) is 18.2 Å². The predicted molar refractivity (Wildman–Crippen MR) is 55.0 cm³/mol. The molecule has 0 amide bonds. The molecule has 0 bridgehead atoms. The minimum absolute atomic E-state index is 0.223. The molecule has 4 heteroatoms. The van der Waals surface area contributed by atoms with Crippen molar-refractivity contribution >= 4 is 0 Å². The lowest BCUT2D eigenvalue weighted by molar-refractivity contribution is 0.282. The molecule has 0 fully saturated rings. The van der Waals surface area contributed by atoms with Crippen LogP contribution in [0.2, 0.25) is 0 Å². The average molecular weight is 207 g/mol. The number of methoxy groups -OCH3 is 2. The molecule has 0 spiro atoms. The number of nitrogens with zero attached hydrogens (tertiary/aromatic N) is 1. The number of aliphatic hydroxyl groups is 1. The fourth-order valence-corrected chi connectivity index (χ4v) is 1.32. The zero-order chi connectivity index (χ0) is 11.3. The minimum Gasteiger partial charge on any atom is -0.497 e. The van der Waals surface area contributed by atoms with Gasteiger partial charge in [-0.25, -0.2) is 0 Å². The summed E-state index contributed by atoms with van der Waals surface area (Å²) in [6, 6.07) is 7.16. The van der Waals surface area contributed by atoms with Crippen molar-refractivity contribution < 1.29 is 14.6 Å². The summed E-state index contributed by atoms with van der Waals surface area (Å²) in [5.74, 6) is 0.644. The topological polar surface area (TPSA) is 62.5 Å². The number of hydrogen-bond acceptors (Lipinski definition) is 4. The second-order valence-corrected chi connectivity index (χ2v) is 2.97. The van der Waals surface area contributed by atoms with Crippen LogP contribution >= 0.6 is 0 Å². The summed E-state index contributed by atoms with van der Waals surface area (Å²) in [6.45, 7) is -0.223. The van der Waals surface area contributed by atoms with E-state index in [-0.39, 0.29) is 6.61 Å². The predicted octanol–water partition coefficient (Wildman–Crippen LogP) is 1.30. The van der Waals surface area contributed by atoms with Crippen molar-refractivity contribution in [2.24, 2.45) is 0 Å². The van der Waals surface area contributed by atoms with Gasteiger partial charge in [-0.3, -0.25) is 0 Å². The van der Waals surface area contributed by atoms with E-state index in [2.05, 4.69) is 0 Å². The Morgan fingerprint density at radius 1 is 1.40 bits per heavy atom. The van der Waals surface area contributed by atoms with E-state index in [9.17, 15) is 0 Å². The van der Waals surface area contributed by atoms with Crippen LogP contribution in [0.5, 0.6) is 11.5 Å². The molecule has 80 valence electrons. The summed E-state index contributed by atoms with van der Waals surface area (Å²) in [7, 11) is 3.08. The third kappa shape index (κ3) is 2.39. The van der Waals surface area contributed by atoms with Crippen molar-refractivity contribution in [2.45, 2.75) is 5.92 Å². The maximum atomic E-state index is 9.02. The smallest absolute Gasteiger partial charge is 0.127 e. The maximum absolute atomic E-state index is 9.02. The number of nitriles is 1. The molecule has 1 aromatic rings.